The SMILES string of the molecule is CCOc1ccsc1C(=O)N1CC[C@@H](OC)[C@H]2CN(CC)C[C@H]21. The van der Waals surface area contributed by atoms with Gasteiger partial charge in [-0.2, -0.15) is 0 Å². The van der Waals surface area contributed by atoms with Gasteiger partial charge in [0.05, 0.1) is 18.8 Å². The maximum Gasteiger partial charge on any atom is 0.268 e. The number of methoxy groups -OCH3 is 1. The lowest BCUT2D eigenvalue weighted by molar-refractivity contribution is -0.0155. The van der Waals surface area contributed by atoms with Crippen molar-refractivity contribution in [3.8, 4) is 5.75 Å². The van der Waals surface area contributed by atoms with Gasteiger partial charge in [0.1, 0.15) is 10.6 Å². The number of hydrogen-bond acceptors (Lipinski definition) is 5. The average molecular weight is 338 g/mol. The molecule has 3 heterocycles. The minimum atomic E-state index is 0.117. The van der Waals surface area contributed by atoms with E-state index >= 15 is 0 Å². The van der Waals surface area contributed by atoms with Crippen LogP contribution >= 0.6 is 11.3 Å². The number of ether oxygens (including phenoxy) is 2. The topological polar surface area (TPSA) is 42.0 Å². The maximum absolute atomic E-state index is 13.1. The van der Waals surface area contributed by atoms with Gasteiger partial charge in [-0.25, -0.2) is 0 Å². The summed E-state index contributed by atoms with van der Waals surface area (Å²) in [5.74, 6) is 1.25. The van der Waals surface area contributed by atoms with Crippen molar-refractivity contribution in [1.29, 1.82) is 0 Å². The number of hydrogen-bond donors (Lipinski definition) is 0. The zero-order chi connectivity index (χ0) is 16.4. The monoisotopic (exact) mass is 338 g/mol. The summed E-state index contributed by atoms with van der Waals surface area (Å²) in [7, 11) is 1.79. The third-order valence-corrected chi connectivity index (χ3v) is 5.96. The number of fused-ring (bicyclic) bond motifs is 1. The second-order valence-corrected chi connectivity index (χ2v) is 7.11. The van der Waals surface area contributed by atoms with E-state index in [9.17, 15) is 4.79 Å². The molecule has 2 fully saturated rings. The zero-order valence-electron chi connectivity index (χ0n) is 14.2. The summed E-state index contributed by atoms with van der Waals surface area (Å²) in [4.78, 5) is 18.3. The molecule has 23 heavy (non-hydrogen) atoms. The van der Waals surface area contributed by atoms with E-state index in [1.807, 2.05) is 18.4 Å². The Morgan fingerprint density at radius 1 is 1.39 bits per heavy atom. The van der Waals surface area contributed by atoms with E-state index in [-0.39, 0.29) is 18.1 Å². The predicted molar refractivity (Wildman–Crippen MR) is 91.3 cm³/mol. The number of rotatable bonds is 5. The fourth-order valence-corrected chi connectivity index (χ4v) is 4.68. The molecular weight excluding hydrogens is 312 g/mol. The third-order valence-electron chi connectivity index (χ3n) is 5.07. The van der Waals surface area contributed by atoms with Crippen molar-refractivity contribution in [2.24, 2.45) is 5.92 Å². The van der Waals surface area contributed by atoms with Crippen molar-refractivity contribution in [2.45, 2.75) is 32.4 Å². The number of thiophene rings is 1. The molecule has 0 radical (unpaired) electrons. The highest BCUT2D eigenvalue weighted by molar-refractivity contribution is 7.12. The van der Waals surface area contributed by atoms with Crippen LogP contribution in [-0.4, -0.2) is 67.7 Å². The Balaban J connectivity index is 1.81. The molecule has 1 aromatic heterocycles. The number of likely N-dealkylation sites (tertiary alicyclic amines) is 2. The second-order valence-electron chi connectivity index (χ2n) is 6.19. The largest absolute Gasteiger partial charge is 0.492 e. The molecule has 5 nitrogen and oxygen atoms in total. The number of piperidine rings is 1. The van der Waals surface area contributed by atoms with Gasteiger partial charge >= 0.3 is 0 Å². The Morgan fingerprint density at radius 3 is 2.91 bits per heavy atom. The summed E-state index contributed by atoms with van der Waals surface area (Å²) < 4.78 is 11.3. The first-order valence-electron chi connectivity index (χ1n) is 8.46. The Bertz CT molecular complexity index is 548. The van der Waals surface area contributed by atoms with E-state index < -0.39 is 0 Å². The first-order valence-corrected chi connectivity index (χ1v) is 9.33. The van der Waals surface area contributed by atoms with Crippen molar-refractivity contribution in [3.63, 3.8) is 0 Å². The highest BCUT2D eigenvalue weighted by Gasteiger charge is 2.46. The van der Waals surface area contributed by atoms with Crippen LogP contribution in [-0.2, 0) is 4.74 Å². The van der Waals surface area contributed by atoms with E-state index in [1.54, 1.807) is 7.11 Å². The van der Waals surface area contributed by atoms with Crippen LogP contribution in [0.2, 0.25) is 0 Å². The smallest absolute Gasteiger partial charge is 0.268 e. The van der Waals surface area contributed by atoms with Gasteiger partial charge < -0.3 is 19.3 Å². The fraction of sp³-hybridized carbons (Fsp3) is 0.706. The van der Waals surface area contributed by atoms with Crippen molar-refractivity contribution < 1.29 is 14.3 Å². The molecule has 2 aliphatic heterocycles. The highest BCUT2D eigenvalue weighted by Crippen LogP contribution is 2.35. The summed E-state index contributed by atoms with van der Waals surface area (Å²) in [5, 5.41) is 1.94. The fourth-order valence-electron chi connectivity index (χ4n) is 3.89. The Kier molecular flexibility index (Phi) is 5.24. The molecule has 2 aliphatic rings. The Morgan fingerprint density at radius 2 is 2.22 bits per heavy atom. The van der Waals surface area contributed by atoms with Crippen LogP contribution in [0.5, 0.6) is 5.75 Å². The third kappa shape index (κ3) is 3.12. The first-order chi connectivity index (χ1) is 11.2. The Labute approximate surface area is 142 Å². The van der Waals surface area contributed by atoms with Gasteiger partial charge in [0.25, 0.3) is 5.91 Å². The molecule has 0 N–H and O–H groups in total. The molecule has 0 aliphatic carbocycles. The van der Waals surface area contributed by atoms with Gasteiger partial charge in [0.2, 0.25) is 0 Å². The van der Waals surface area contributed by atoms with Crippen LogP contribution in [0.3, 0.4) is 0 Å². The predicted octanol–water partition coefficient (Wildman–Crippen LogP) is 2.33. The van der Waals surface area contributed by atoms with Crippen molar-refractivity contribution in [2.75, 3.05) is 39.9 Å². The van der Waals surface area contributed by atoms with Crippen LogP contribution in [0, 0.1) is 5.92 Å². The van der Waals surface area contributed by atoms with Crippen LogP contribution in [0.25, 0.3) is 0 Å². The lowest BCUT2D eigenvalue weighted by Crippen LogP contribution is -2.53. The molecule has 1 aromatic rings. The van der Waals surface area contributed by atoms with E-state index in [4.69, 9.17) is 9.47 Å². The lowest BCUT2D eigenvalue weighted by atomic mass is 9.89. The van der Waals surface area contributed by atoms with Gasteiger partial charge in [-0.15, -0.1) is 11.3 Å². The van der Waals surface area contributed by atoms with E-state index in [1.165, 1.54) is 11.3 Å². The summed E-state index contributed by atoms with van der Waals surface area (Å²) in [6.45, 7) is 8.46. The molecule has 2 saturated heterocycles. The quantitative estimate of drug-likeness (QED) is 0.826. The standard InChI is InChI=1S/C17H26N2O3S/c1-4-18-10-12-13(11-18)19(8-6-14(12)21-3)17(20)16-15(22-5-2)7-9-23-16/h7,9,12-14H,4-6,8,10-11H2,1-3H3/t12-,13+,14+/m0/s1. The summed E-state index contributed by atoms with van der Waals surface area (Å²) in [5.41, 5.74) is 0. The van der Waals surface area contributed by atoms with Crippen LogP contribution in [0.1, 0.15) is 29.9 Å². The first kappa shape index (κ1) is 16.7. The Hall–Kier alpha value is -1.11. The van der Waals surface area contributed by atoms with Crippen LogP contribution in [0.4, 0.5) is 0 Å². The maximum atomic E-state index is 13.1. The number of carbonyl (C=O) groups excluding carboxylic acids is 1. The van der Waals surface area contributed by atoms with Crippen molar-refractivity contribution in [3.05, 3.63) is 16.3 Å². The summed E-state index contributed by atoms with van der Waals surface area (Å²) in [6, 6.07) is 2.14. The lowest BCUT2D eigenvalue weighted by Gasteiger charge is -2.41. The molecule has 0 saturated carbocycles. The van der Waals surface area contributed by atoms with Crippen LogP contribution in [0.15, 0.2) is 11.4 Å². The molecule has 0 spiro atoms. The molecule has 1 amide bonds. The van der Waals surface area contributed by atoms with E-state index in [0.29, 0.717) is 12.5 Å². The molecule has 6 heteroatoms. The molecular formula is C17H26N2O3S. The van der Waals surface area contributed by atoms with Gasteiger partial charge in [-0.1, -0.05) is 6.92 Å². The zero-order valence-corrected chi connectivity index (χ0v) is 15.0. The minimum absolute atomic E-state index is 0.117. The highest BCUT2D eigenvalue weighted by atomic mass is 32.1. The van der Waals surface area contributed by atoms with E-state index in [0.717, 1.165) is 43.2 Å². The minimum Gasteiger partial charge on any atom is -0.492 e. The average Bonchev–Trinajstić information content (AvgIpc) is 3.20. The summed E-state index contributed by atoms with van der Waals surface area (Å²) >= 11 is 1.48. The van der Waals surface area contributed by atoms with Gasteiger partial charge in [0, 0.05) is 32.7 Å². The van der Waals surface area contributed by atoms with Crippen molar-refractivity contribution in [1.82, 2.24) is 9.80 Å². The molecule has 3 atom stereocenters. The van der Waals surface area contributed by atoms with Gasteiger partial charge in [-0.3, -0.25) is 4.79 Å². The van der Waals surface area contributed by atoms with Crippen LogP contribution < -0.4 is 4.74 Å². The molecule has 3 rings (SSSR count). The molecule has 0 bridgehead atoms. The number of carbonyl (C=O) groups is 1. The number of nitrogens with zero attached hydrogens (tertiary/aromatic N) is 2. The van der Waals surface area contributed by atoms with Crippen molar-refractivity contribution >= 4 is 17.2 Å². The summed E-state index contributed by atoms with van der Waals surface area (Å²) in [6.07, 6.45) is 1.17. The number of amides is 1. The molecule has 0 aromatic carbocycles. The molecule has 128 valence electrons. The number of likely N-dealkylation sites (N-methyl/N-ethyl adjacent to an activating group) is 1. The van der Waals surface area contributed by atoms with Gasteiger partial charge in [-0.05, 0) is 31.3 Å². The second kappa shape index (κ2) is 7.20. The normalized spacial score (nSPS) is 28.0. The molecule has 0 unspecified atom stereocenters. The van der Waals surface area contributed by atoms with E-state index in [2.05, 4.69) is 16.7 Å². The van der Waals surface area contributed by atoms with Gasteiger partial charge in [0.15, 0.2) is 0 Å².